The number of carbonyl (C=O) groups excluding carboxylic acids is 1. The molecule has 0 saturated carbocycles. The first-order valence-electron chi connectivity index (χ1n) is 4.02. The molecule has 1 heterocycles. The fourth-order valence-electron chi connectivity index (χ4n) is 0.944. The van der Waals surface area contributed by atoms with Crippen molar-refractivity contribution in [3.05, 3.63) is 29.0 Å². The smallest absolute Gasteiger partial charge is 0.372 e. The van der Waals surface area contributed by atoms with Gasteiger partial charge >= 0.3 is 5.97 Å². The third kappa shape index (κ3) is 3.55. The summed E-state index contributed by atoms with van der Waals surface area (Å²) < 4.78 is 7.52. The second-order valence-corrected chi connectivity index (χ2v) is 3.42. The molecule has 1 aromatic heterocycles. The number of hydrogen-bond acceptors (Lipinski definition) is 2. The maximum absolute atomic E-state index is 11.1. The van der Waals surface area contributed by atoms with Crippen LogP contribution in [0.2, 0.25) is 0 Å². The van der Waals surface area contributed by atoms with Crippen LogP contribution >= 0.6 is 15.9 Å². The number of hydrogen-bond donors (Lipinski definition) is 0. The molecule has 1 rings (SSSR count). The summed E-state index contributed by atoms with van der Waals surface area (Å²) in [6, 6.07) is 3.77. The molecular formula is C9H11BrNO2+. The van der Waals surface area contributed by atoms with Crippen molar-refractivity contribution in [1.82, 2.24) is 0 Å². The number of pyridine rings is 1. The zero-order chi connectivity index (χ0) is 9.68. The van der Waals surface area contributed by atoms with Gasteiger partial charge in [0.15, 0.2) is 12.4 Å². The number of rotatable bonds is 3. The van der Waals surface area contributed by atoms with Gasteiger partial charge < -0.3 is 4.74 Å². The van der Waals surface area contributed by atoms with Crippen LogP contribution in [-0.4, -0.2) is 12.6 Å². The van der Waals surface area contributed by atoms with E-state index in [-0.39, 0.29) is 12.5 Å². The summed E-state index contributed by atoms with van der Waals surface area (Å²) in [6.45, 7) is 2.48. The molecule has 0 unspecified atom stereocenters. The van der Waals surface area contributed by atoms with Gasteiger partial charge in [-0.2, -0.15) is 4.57 Å². The molecule has 0 bridgehead atoms. The average Bonchev–Trinajstić information content (AvgIpc) is 2.04. The van der Waals surface area contributed by atoms with Crippen molar-refractivity contribution in [3.8, 4) is 0 Å². The topological polar surface area (TPSA) is 30.2 Å². The van der Waals surface area contributed by atoms with E-state index in [1.165, 1.54) is 0 Å². The third-order valence-corrected chi connectivity index (χ3v) is 1.91. The van der Waals surface area contributed by atoms with Gasteiger partial charge in [-0.15, -0.1) is 0 Å². The number of esters is 1. The van der Waals surface area contributed by atoms with Crippen LogP contribution in [0.1, 0.15) is 6.92 Å². The summed E-state index contributed by atoms with van der Waals surface area (Å²) in [5, 5.41) is 0. The summed E-state index contributed by atoms with van der Waals surface area (Å²) in [5.41, 5.74) is 0. The Balaban J connectivity index is 2.58. The van der Waals surface area contributed by atoms with Crippen molar-refractivity contribution in [2.75, 3.05) is 6.61 Å². The van der Waals surface area contributed by atoms with Crippen molar-refractivity contribution in [2.45, 2.75) is 13.5 Å². The van der Waals surface area contributed by atoms with Crippen LogP contribution in [0.15, 0.2) is 29.0 Å². The highest BCUT2D eigenvalue weighted by atomic mass is 79.9. The predicted octanol–water partition coefficient (Wildman–Crippen LogP) is 1.30. The molecule has 0 atom stereocenters. The SMILES string of the molecule is CCOC(=O)C[n+]1cccc(Br)c1. The number of halogens is 1. The van der Waals surface area contributed by atoms with E-state index >= 15 is 0 Å². The maximum atomic E-state index is 11.1. The summed E-state index contributed by atoms with van der Waals surface area (Å²) in [5.74, 6) is -0.217. The highest BCUT2D eigenvalue weighted by molar-refractivity contribution is 9.10. The molecule has 0 spiro atoms. The van der Waals surface area contributed by atoms with Crippen LogP contribution in [0, 0.1) is 0 Å². The van der Waals surface area contributed by atoms with Crippen LogP contribution in [0.3, 0.4) is 0 Å². The second kappa shape index (κ2) is 4.97. The normalized spacial score (nSPS) is 9.69. The van der Waals surface area contributed by atoms with Crippen molar-refractivity contribution < 1.29 is 14.1 Å². The van der Waals surface area contributed by atoms with Gasteiger partial charge in [-0.25, -0.2) is 4.79 Å². The minimum atomic E-state index is -0.217. The molecule has 0 radical (unpaired) electrons. The lowest BCUT2D eigenvalue weighted by molar-refractivity contribution is -0.686. The first-order valence-corrected chi connectivity index (χ1v) is 4.82. The van der Waals surface area contributed by atoms with E-state index < -0.39 is 0 Å². The monoisotopic (exact) mass is 244 g/mol. The van der Waals surface area contributed by atoms with Crippen molar-refractivity contribution >= 4 is 21.9 Å². The van der Waals surface area contributed by atoms with Crippen LogP contribution in [0.4, 0.5) is 0 Å². The summed E-state index contributed by atoms with van der Waals surface area (Å²) in [6.07, 6.45) is 3.65. The molecule has 0 aliphatic rings. The lowest BCUT2D eigenvalue weighted by atomic mass is 10.5. The molecule has 3 nitrogen and oxygen atoms in total. The zero-order valence-corrected chi connectivity index (χ0v) is 8.95. The Morgan fingerprint density at radius 3 is 3.08 bits per heavy atom. The van der Waals surface area contributed by atoms with Gasteiger partial charge in [0.25, 0.3) is 0 Å². The van der Waals surface area contributed by atoms with Gasteiger partial charge in [0.2, 0.25) is 6.54 Å². The zero-order valence-electron chi connectivity index (χ0n) is 7.37. The minimum Gasteiger partial charge on any atom is -0.461 e. The third-order valence-electron chi connectivity index (χ3n) is 1.44. The van der Waals surface area contributed by atoms with Crippen molar-refractivity contribution in [1.29, 1.82) is 0 Å². The van der Waals surface area contributed by atoms with E-state index in [4.69, 9.17) is 4.74 Å². The Kier molecular flexibility index (Phi) is 3.89. The lowest BCUT2D eigenvalue weighted by Gasteiger charge is -1.97. The standard InChI is InChI=1S/C9H11BrNO2/c1-2-13-9(12)7-11-5-3-4-8(10)6-11/h3-6H,2,7H2,1H3/q+1. The quantitative estimate of drug-likeness (QED) is 0.593. The Labute approximate surface area is 85.5 Å². The van der Waals surface area contributed by atoms with Crippen LogP contribution < -0.4 is 4.57 Å². The first-order chi connectivity index (χ1) is 6.22. The molecule has 4 heteroatoms. The number of nitrogens with zero attached hydrogens (tertiary/aromatic N) is 1. The van der Waals surface area contributed by atoms with Crippen LogP contribution in [-0.2, 0) is 16.1 Å². The highest BCUT2D eigenvalue weighted by Crippen LogP contribution is 2.02. The molecule has 1 aromatic rings. The second-order valence-electron chi connectivity index (χ2n) is 2.50. The number of carbonyl (C=O) groups is 1. The average molecular weight is 245 g/mol. The molecule has 0 aromatic carbocycles. The summed E-state index contributed by atoms with van der Waals surface area (Å²) in [7, 11) is 0. The molecule has 0 aliphatic heterocycles. The number of ether oxygens (including phenoxy) is 1. The van der Waals surface area contributed by atoms with E-state index in [0.717, 1.165) is 4.47 Å². The molecule has 70 valence electrons. The number of aromatic nitrogens is 1. The Hall–Kier alpha value is -0.900. The fraction of sp³-hybridized carbons (Fsp3) is 0.333. The lowest BCUT2D eigenvalue weighted by Crippen LogP contribution is -2.37. The molecule has 0 amide bonds. The van der Waals surface area contributed by atoms with E-state index in [0.29, 0.717) is 6.61 Å². The predicted molar refractivity (Wildman–Crippen MR) is 51.0 cm³/mol. The molecule has 0 saturated heterocycles. The molecule has 0 N–H and O–H groups in total. The Bertz CT molecular complexity index is 301. The molecule has 13 heavy (non-hydrogen) atoms. The van der Waals surface area contributed by atoms with Crippen molar-refractivity contribution in [2.24, 2.45) is 0 Å². The molecule has 0 aliphatic carbocycles. The minimum absolute atomic E-state index is 0.217. The Morgan fingerprint density at radius 1 is 1.69 bits per heavy atom. The molecule has 0 fully saturated rings. The maximum Gasteiger partial charge on any atom is 0.372 e. The van der Waals surface area contributed by atoms with Gasteiger partial charge in [0.1, 0.15) is 0 Å². The van der Waals surface area contributed by atoms with E-state index in [2.05, 4.69) is 15.9 Å². The fourth-order valence-corrected chi connectivity index (χ4v) is 1.36. The van der Waals surface area contributed by atoms with Gasteiger partial charge in [0, 0.05) is 6.07 Å². The first kappa shape index (κ1) is 10.2. The van der Waals surface area contributed by atoms with Gasteiger partial charge in [-0.1, -0.05) is 0 Å². The van der Waals surface area contributed by atoms with Gasteiger partial charge in [-0.3, -0.25) is 0 Å². The van der Waals surface area contributed by atoms with Gasteiger partial charge in [0.05, 0.1) is 11.1 Å². The summed E-state index contributed by atoms with van der Waals surface area (Å²) >= 11 is 3.32. The molecular weight excluding hydrogens is 234 g/mol. The van der Waals surface area contributed by atoms with E-state index in [9.17, 15) is 4.79 Å². The van der Waals surface area contributed by atoms with E-state index in [1.807, 2.05) is 24.5 Å². The summed E-state index contributed by atoms with van der Waals surface area (Å²) in [4.78, 5) is 11.1. The van der Waals surface area contributed by atoms with Crippen LogP contribution in [0.5, 0.6) is 0 Å². The Morgan fingerprint density at radius 2 is 2.46 bits per heavy atom. The van der Waals surface area contributed by atoms with Crippen LogP contribution in [0.25, 0.3) is 0 Å². The highest BCUT2D eigenvalue weighted by Gasteiger charge is 2.09. The van der Waals surface area contributed by atoms with E-state index in [1.54, 1.807) is 11.5 Å². The van der Waals surface area contributed by atoms with Crippen molar-refractivity contribution in [3.63, 3.8) is 0 Å². The van der Waals surface area contributed by atoms with Gasteiger partial charge in [-0.05, 0) is 28.9 Å². The largest absolute Gasteiger partial charge is 0.461 e.